The number of nitrogens with one attached hydrogen (secondary N) is 1. The molecule has 0 saturated carbocycles. The second kappa shape index (κ2) is 9.08. The van der Waals surface area contributed by atoms with Crippen LogP contribution >= 0.6 is 0 Å². The number of sulfonamides is 1. The Morgan fingerprint density at radius 1 is 1.06 bits per heavy atom. The number of anilines is 1. The van der Waals surface area contributed by atoms with Crippen LogP contribution in [-0.4, -0.2) is 39.0 Å². The maximum absolute atomic E-state index is 13.0. The molecule has 1 aromatic heterocycles. The van der Waals surface area contributed by atoms with Crippen molar-refractivity contribution in [1.82, 2.24) is 4.90 Å². The molecule has 2 aromatic carbocycles. The molecule has 1 aliphatic rings. The molecule has 0 unspecified atom stereocenters. The lowest BCUT2D eigenvalue weighted by Gasteiger charge is -2.20. The van der Waals surface area contributed by atoms with Crippen LogP contribution in [0.3, 0.4) is 0 Å². The van der Waals surface area contributed by atoms with Gasteiger partial charge in [0, 0.05) is 17.3 Å². The number of benzene rings is 2. The van der Waals surface area contributed by atoms with E-state index in [0.717, 1.165) is 0 Å². The topological polar surface area (TPSA) is 98.1 Å². The zero-order valence-corrected chi connectivity index (χ0v) is 17.8. The van der Waals surface area contributed by atoms with Crippen LogP contribution in [0.4, 0.5) is 5.69 Å². The van der Waals surface area contributed by atoms with Gasteiger partial charge in [-0.05, 0) is 42.5 Å². The lowest BCUT2D eigenvalue weighted by molar-refractivity contribution is 0.0755. The molecule has 0 saturated heterocycles. The first kappa shape index (κ1) is 21.3. The minimum absolute atomic E-state index is 0.0188. The average Bonchev–Trinajstić information content (AvgIpc) is 3.31. The van der Waals surface area contributed by atoms with Crippen molar-refractivity contribution >= 4 is 21.6 Å². The van der Waals surface area contributed by atoms with Crippen LogP contribution in [0, 0.1) is 12.3 Å². The third kappa shape index (κ3) is 4.71. The highest BCUT2D eigenvalue weighted by Gasteiger charge is 2.21. The number of rotatable bonds is 7. The highest BCUT2D eigenvalue weighted by molar-refractivity contribution is 7.92. The molecule has 0 spiro atoms. The van der Waals surface area contributed by atoms with Gasteiger partial charge in [-0.3, -0.25) is 9.52 Å². The molecule has 164 valence electrons. The van der Waals surface area contributed by atoms with E-state index in [-0.39, 0.29) is 35.1 Å². The van der Waals surface area contributed by atoms with Gasteiger partial charge in [-0.2, -0.15) is 0 Å². The summed E-state index contributed by atoms with van der Waals surface area (Å²) in [7, 11) is -3.92. The molecule has 0 atom stereocenters. The summed E-state index contributed by atoms with van der Waals surface area (Å²) < 4.78 is 44.4. The Kier molecular flexibility index (Phi) is 6.05. The third-order valence-electron chi connectivity index (χ3n) is 4.68. The molecular formula is C23H20N2O6S. The van der Waals surface area contributed by atoms with Crippen LogP contribution in [0.5, 0.6) is 11.5 Å². The standard InChI is InChI=1S/C23H20N2O6S/c1-2-10-25(16-19-7-4-11-29-19)23(26)17-5-3-6-18(14-17)24-32(27,28)20-8-9-21-22(15-20)31-13-12-30-21/h1,3-9,11,14-15,24H,10,12-13,16H2. The van der Waals surface area contributed by atoms with Gasteiger partial charge in [-0.15, -0.1) is 6.42 Å². The molecule has 0 fully saturated rings. The van der Waals surface area contributed by atoms with Crippen molar-refractivity contribution in [2.75, 3.05) is 24.5 Å². The van der Waals surface area contributed by atoms with Gasteiger partial charge in [0.15, 0.2) is 11.5 Å². The van der Waals surface area contributed by atoms with Gasteiger partial charge >= 0.3 is 0 Å². The fraction of sp³-hybridized carbons (Fsp3) is 0.174. The number of hydrogen-bond acceptors (Lipinski definition) is 6. The number of nitrogens with zero attached hydrogens (tertiary/aromatic N) is 1. The van der Waals surface area contributed by atoms with Gasteiger partial charge in [0.05, 0.1) is 24.2 Å². The van der Waals surface area contributed by atoms with Crippen LogP contribution in [0.2, 0.25) is 0 Å². The number of amides is 1. The normalized spacial score (nSPS) is 12.6. The van der Waals surface area contributed by atoms with Crippen molar-refractivity contribution in [3.05, 3.63) is 72.2 Å². The molecule has 1 amide bonds. The Hall–Kier alpha value is -3.90. The van der Waals surface area contributed by atoms with Crippen LogP contribution < -0.4 is 14.2 Å². The molecule has 3 aromatic rings. The summed E-state index contributed by atoms with van der Waals surface area (Å²) in [6, 6.07) is 14.1. The van der Waals surface area contributed by atoms with Crippen molar-refractivity contribution in [3.63, 3.8) is 0 Å². The van der Waals surface area contributed by atoms with E-state index in [2.05, 4.69) is 10.6 Å². The Morgan fingerprint density at radius 3 is 2.62 bits per heavy atom. The van der Waals surface area contributed by atoms with Crippen molar-refractivity contribution in [2.24, 2.45) is 0 Å². The SMILES string of the molecule is C#CCN(Cc1ccco1)C(=O)c1cccc(NS(=O)(=O)c2ccc3c(c2)OCCO3)c1. The lowest BCUT2D eigenvalue weighted by Crippen LogP contribution is -2.30. The van der Waals surface area contributed by atoms with E-state index >= 15 is 0 Å². The van der Waals surface area contributed by atoms with Crippen molar-refractivity contribution in [3.8, 4) is 23.8 Å². The first-order valence-electron chi connectivity index (χ1n) is 9.74. The lowest BCUT2D eigenvalue weighted by atomic mass is 10.1. The molecule has 0 radical (unpaired) electrons. The van der Waals surface area contributed by atoms with Gasteiger partial charge in [0.1, 0.15) is 19.0 Å². The summed E-state index contributed by atoms with van der Waals surface area (Å²) in [6.07, 6.45) is 6.93. The van der Waals surface area contributed by atoms with Crippen molar-refractivity contribution in [1.29, 1.82) is 0 Å². The van der Waals surface area contributed by atoms with Gasteiger partial charge in [-0.25, -0.2) is 8.42 Å². The minimum atomic E-state index is -3.92. The highest BCUT2D eigenvalue weighted by atomic mass is 32.2. The molecule has 9 heteroatoms. The monoisotopic (exact) mass is 452 g/mol. The predicted octanol–water partition coefficient (Wildman–Crippen LogP) is 3.13. The Balaban J connectivity index is 1.54. The molecule has 0 aliphatic carbocycles. The molecule has 1 N–H and O–H groups in total. The number of ether oxygens (including phenoxy) is 2. The van der Waals surface area contributed by atoms with Crippen LogP contribution in [-0.2, 0) is 16.6 Å². The first-order valence-corrected chi connectivity index (χ1v) is 11.2. The molecule has 1 aliphatic heterocycles. The quantitative estimate of drug-likeness (QED) is 0.553. The Bertz CT molecular complexity index is 1260. The molecular weight excluding hydrogens is 432 g/mol. The number of carbonyl (C=O) groups excluding carboxylic acids is 1. The summed E-state index contributed by atoms with van der Waals surface area (Å²) in [6.45, 7) is 1.03. The van der Waals surface area contributed by atoms with Crippen LogP contribution in [0.15, 0.2) is 70.2 Å². The fourth-order valence-electron chi connectivity index (χ4n) is 3.20. The van der Waals surface area contributed by atoms with Gasteiger partial charge in [0.25, 0.3) is 15.9 Å². The molecule has 4 rings (SSSR count). The number of furan rings is 1. The first-order chi connectivity index (χ1) is 15.5. The molecule has 2 heterocycles. The molecule has 32 heavy (non-hydrogen) atoms. The van der Waals surface area contributed by atoms with E-state index in [9.17, 15) is 13.2 Å². The van der Waals surface area contributed by atoms with Gasteiger partial charge in [-0.1, -0.05) is 12.0 Å². The second-order valence-corrected chi connectivity index (χ2v) is 8.62. The summed E-state index contributed by atoms with van der Waals surface area (Å²) in [4.78, 5) is 14.4. The largest absolute Gasteiger partial charge is 0.486 e. The third-order valence-corrected chi connectivity index (χ3v) is 6.06. The van der Waals surface area contributed by atoms with E-state index in [0.29, 0.717) is 30.5 Å². The maximum atomic E-state index is 13.0. The molecule has 0 bridgehead atoms. The smallest absolute Gasteiger partial charge is 0.262 e. The maximum Gasteiger partial charge on any atom is 0.262 e. The Labute approximate surface area is 185 Å². The fourth-order valence-corrected chi connectivity index (χ4v) is 4.27. The van der Waals surface area contributed by atoms with Crippen molar-refractivity contribution < 1.29 is 27.1 Å². The predicted molar refractivity (Wildman–Crippen MR) is 117 cm³/mol. The zero-order valence-electron chi connectivity index (χ0n) is 17.0. The highest BCUT2D eigenvalue weighted by Crippen LogP contribution is 2.32. The van der Waals surface area contributed by atoms with E-state index in [1.165, 1.54) is 29.4 Å². The number of hydrogen-bond donors (Lipinski definition) is 1. The van der Waals surface area contributed by atoms with Crippen LogP contribution in [0.1, 0.15) is 16.1 Å². The minimum Gasteiger partial charge on any atom is -0.486 e. The van der Waals surface area contributed by atoms with Gasteiger partial charge in [0.2, 0.25) is 0 Å². The van der Waals surface area contributed by atoms with E-state index < -0.39 is 10.0 Å². The van der Waals surface area contributed by atoms with Gasteiger partial charge < -0.3 is 18.8 Å². The number of carbonyl (C=O) groups is 1. The average molecular weight is 452 g/mol. The number of terminal acetylenes is 1. The second-order valence-electron chi connectivity index (χ2n) is 6.94. The summed E-state index contributed by atoms with van der Waals surface area (Å²) in [5.41, 5.74) is 0.526. The van der Waals surface area contributed by atoms with Crippen LogP contribution in [0.25, 0.3) is 0 Å². The van der Waals surface area contributed by atoms with Crippen molar-refractivity contribution in [2.45, 2.75) is 11.4 Å². The summed E-state index contributed by atoms with van der Waals surface area (Å²) in [5.74, 6) is 3.56. The van der Waals surface area contributed by atoms with E-state index in [1.807, 2.05) is 0 Å². The Morgan fingerprint density at radius 2 is 1.88 bits per heavy atom. The van der Waals surface area contributed by atoms with E-state index in [4.69, 9.17) is 20.3 Å². The molecule has 8 nitrogen and oxygen atoms in total. The number of fused-ring (bicyclic) bond motifs is 1. The zero-order chi connectivity index (χ0) is 22.6. The summed E-state index contributed by atoms with van der Waals surface area (Å²) >= 11 is 0. The summed E-state index contributed by atoms with van der Waals surface area (Å²) in [5, 5.41) is 0. The van der Waals surface area contributed by atoms with E-state index in [1.54, 1.807) is 36.4 Å².